The van der Waals surface area contributed by atoms with Crippen LogP contribution in [0.2, 0.25) is 0 Å². The SMILES string of the molecule is CCCCCCS(=O)(=O)c1ccc(-c2ccc(OC(F)(F)F)cc2)cc1. The van der Waals surface area contributed by atoms with Gasteiger partial charge in [-0.05, 0) is 41.8 Å². The molecule has 0 bridgehead atoms. The van der Waals surface area contributed by atoms with Gasteiger partial charge in [0.1, 0.15) is 5.75 Å². The van der Waals surface area contributed by atoms with Gasteiger partial charge in [0.15, 0.2) is 9.84 Å². The smallest absolute Gasteiger partial charge is 0.406 e. The molecule has 7 heteroatoms. The van der Waals surface area contributed by atoms with Gasteiger partial charge in [-0.25, -0.2) is 8.42 Å². The lowest BCUT2D eigenvalue weighted by Gasteiger charge is -2.10. The third-order valence-electron chi connectivity index (χ3n) is 3.90. The molecule has 0 N–H and O–H groups in total. The Bertz CT molecular complexity index is 795. The van der Waals surface area contributed by atoms with Crippen LogP contribution in [0.15, 0.2) is 53.4 Å². The van der Waals surface area contributed by atoms with Gasteiger partial charge in [-0.3, -0.25) is 0 Å². The summed E-state index contributed by atoms with van der Waals surface area (Å²) >= 11 is 0. The summed E-state index contributed by atoms with van der Waals surface area (Å²) in [6.45, 7) is 2.06. The van der Waals surface area contributed by atoms with E-state index in [1.807, 2.05) is 0 Å². The lowest BCUT2D eigenvalue weighted by Crippen LogP contribution is -2.16. The highest BCUT2D eigenvalue weighted by molar-refractivity contribution is 7.91. The van der Waals surface area contributed by atoms with Gasteiger partial charge in [0, 0.05) is 0 Å². The fourth-order valence-corrected chi connectivity index (χ4v) is 3.91. The Morgan fingerprint density at radius 3 is 1.88 bits per heavy atom. The van der Waals surface area contributed by atoms with Crippen molar-refractivity contribution in [3.63, 3.8) is 0 Å². The van der Waals surface area contributed by atoms with Gasteiger partial charge in [-0.1, -0.05) is 50.5 Å². The standard InChI is InChI=1S/C19H21F3O3S/c1-2-3-4-5-14-26(23,24)18-12-8-16(9-13-18)15-6-10-17(11-7-15)25-19(20,21)22/h6-13H,2-5,14H2,1H3. The number of sulfone groups is 1. The highest BCUT2D eigenvalue weighted by Gasteiger charge is 2.30. The summed E-state index contributed by atoms with van der Waals surface area (Å²) in [4.78, 5) is 0.259. The van der Waals surface area contributed by atoms with Gasteiger partial charge in [0.2, 0.25) is 0 Å². The summed E-state index contributed by atoms with van der Waals surface area (Å²) in [7, 11) is -3.31. The van der Waals surface area contributed by atoms with E-state index in [2.05, 4.69) is 11.7 Å². The normalized spacial score (nSPS) is 12.2. The zero-order valence-electron chi connectivity index (χ0n) is 14.4. The molecule has 3 nitrogen and oxygen atoms in total. The van der Waals surface area contributed by atoms with E-state index in [9.17, 15) is 21.6 Å². The first-order valence-electron chi connectivity index (χ1n) is 8.40. The molecule has 0 saturated heterocycles. The van der Waals surface area contributed by atoms with Crippen LogP contribution in [0.1, 0.15) is 32.6 Å². The van der Waals surface area contributed by atoms with Crippen molar-refractivity contribution in [2.75, 3.05) is 5.75 Å². The van der Waals surface area contributed by atoms with Crippen molar-refractivity contribution >= 4 is 9.84 Å². The van der Waals surface area contributed by atoms with E-state index < -0.39 is 16.2 Å². The van der Waals surface area contributed by atoms with Gasteiger partial charge in [0.05, 0.1) is 10.6 Å². The van der Waals surface area contributed by atoms with Crippen molar-refractivity contribution in [2.24, 2.45) is 0 Å². The van der Waals surface area contributed by atoms with Crippen LogP contribution in [-0.4, -0.2) is 20.5 Å². The highest BCUT2D eigenvalue weighted by Crippen LogP contribution is 2.27. The molecule has 0 atom stereocenters. The van der Waals surface area contributed by atoms with Gasteiger partial charge in [-0.2, -0.15) is 0 Å². The van der Waals surface area contributed by atoms with E-state index in [0.717, 1.165) is 19.3 Å². The van der Waals surface area contributed by atoms with Crippen molar-refractivity contribution < 1.29 is 26.3 Å². The maximum absolute atomic E-state index is 12.3. The lowest BCUT2D eigenvalue weighted by atomic mass is 10.1. The summed E-state index contributed by atoms with van der Waals surface area (Å²) in [5.74, 6) is -0.178. The molecule has 0 aliphatic heterocycles. The fraction of sp³-hybridized carbons (Fsp3) is 0.368. The average molecular weight is 386 g/mol. The van der Waals surface area contributed by atoms with Crippen LogP contribution in [0.25, 0.3) is 11.1 Å². The summed E-state index contributed by atoms with van der Waals surface area (Å²) in [5.41, 5.74) is 1.39. The second-order valence-corrected chi connectivity index (χ2v) is 8.09. The molecular formula is C19H21F3O3S. The average Bonchev–Trinajstić information content (AvgIpc) is 2.58. The Morgan fingerprint density at radius 2 is 1.38 bits per heavy atom. The first-order valence-corrected chi connectivity index (χ1v) is 10.1. The molecule has 0 aliphatic rings. The number of rotatable bonds is 8. The van der Waals surface area contributed by atoms with Crippen molar-refractivity contribution in [2.45, 2.75) is 43.9 Å². The molecule has 0 amide bonds. The number of hydrogen-bond acceptors (Lipinski definition) is 3. The predicted octanol–water partition coefficient (Wildman–Crippen LogP) is 5.61. The highest BCUT2D eigenvalue weighted by atomic mass is 32.2. The minimum Gasteiger partial charge on any atom is -0.406 e. The Balaban J connectivity index is 2.07. The molecule has 0 unspecified atom stereocenters. The molecule has 0 aromatic heterocycles. The first-order chi connectivity index (χ1) is 12.2. The zero-order valence-corrected chi connectivity index (χ0v) is 15.2. The number of ether oxygens (including phenoxy) is 1. The first kappa shape index (κ1) is 20.3. The molecule has 0 spiro atoms. The van der Waals surface area contributed by atoms with Crippen molar-refractivity contribution in [1.82, 2.24) is 0 Å². The van der Waals surface area contributed by atoms with Crippen molar-refractivity contribution in [3.8, 4) is 16.9 Å². The van der Waals surface area contributed by atoms with Crippen LogP contribution in [0.5, 0.6) is 5.75 Å². The largest absolute Gasteiger partial charge is 0.573 e. The van der Waals surface area contributed by atoms with Crippen LogP contribution in [-0.2, 0) is 9.84 Å². The Kier molecular flexibility index (Phi) is 6.69. The molecular weight excluding hydrogens is 365 g/mol. The van der Waals surface area contributed by atoms with Crippen LogP contribution < -0.4 is 4.74 Å². The van der Waals surface area contributed by atoms with Gasteiger partial charge >= 0.3 is 6.36 Å². The van der Waals surface area contributed by atoms with Crippen LogP contribution in [0, 0.1) is 0 Å². The van der Waals surface area contributed by atoms with Crippen LogP contribution >= 0.6 is 0 Å². The van der Waals surface area contributed by atoms with E-state index in [1.165, 1.54) is 36.4 Å². The van der Waals surface area contributed by atoms with Gasteiger partial charge in [0.25, 0.3) is 0 Å². The summed E-state index contributed by atoms with van der Waals surface area (Å²) in [5, 5.41) is 0. The quantitative estimate of drug-likeness (QED) is 0.554. The second-order valence-electron chi connectivity index (χ2n) is 5.98. The number of unbranched alkanes of at least 4 members (excludes halogenated alkanes) is 3. The van der Waals surface area contributed by atoms with E-state index in [1.54, 1.807) is 12.1 Å². The molecule has 0 heterocycles. The number of alkyl halides is 3. The van der Waals surface area contributed by atoms with Crippen LogP contribution in [0.3, 0.4) is 0 Å². The predicted molar refractivity (Wildman–Crippen MR) is 94.8 cm³/mol. The zero-order chi connectivity index (χ0) is 19.2. The fourth-order valence-electron chi connectivity index (χ4n) is 2.54. The second kappa shape index (κ2) is 8.58. The number of halogens is 3. The number of benzene rings is 2. The number of hydrogen-bond donors (Lipinski definition) is 0. The van der Waals surface area contributed by atoms with Gasteiger partial charge < -0.3 is 4.74 Å². The van der Waals surface area contributed by atoms with E-state index >= 15 is 0 Å². The molecule has 0 radical (unpaired) electrons. The molecule has 2 aromatic rings. The Labute approximate surface area is 151 Å². The summed E-state index contributed by atoms with van der Waals surface area (Å²) in [6.07, 6.45) is -1.14. The molecule has 26 heavy (non-hydrogen) atoms. The van der Waals surface area contributed by atoms with Crippen molar-refractivity contribution in [1.29, 1.82) is 0 Å². The van der Waals surface area contributed by atoms with E-state index in [4.69, 9.17) is 0 Å². The topological polar surface area (TPSA) is 43.4 Å². The van der Waals surface area contributed by atoms with Gasteiger partial charge in [-0.15, -0.1) is 13.2 Å². The minimum absolute atomic E-state index is 0.121. The molecule has 2 rings (SSSR count). The van der Waals surface area contributed by atoms with E-state index in [-0.39, 0.29) is 16.4 Å². The Morgan fingerprint density at radius 1 is 0.846 bits per heavy atom. The third kappa shape index (κ3) is 6.05. The molecule has 142 valence electrons. The molecule has 0 aliphatic carbocycles. The molecule has 0 saturated carbocycles. The maximum Gasteiger partial charge on any atom is 0.573 e. The summed E-state index contributed by atoms with van der Waals surface area (Å²) in [6, 6.07) is 11.8. The molecule has 2 aromatic carbocycles. The molecule has 0 fully saturated rings. The maximum atomic E-state index is 12.3. The van der Waals surface area contributed by atoms with Crippen molar-refractivity contribution in [3.05, 3.63) is 48.5 Å². The lowest BCUT2D eigenvalue weighted by molar-refractivity contribution is -0.274. The van der Waals surface area contributed by atoms with Crippen LogP contribution in [0.4, 0.5) is 13.2 Å². The summed E-state index contributed by atoms with van der Waals surface area (Å²) < 4.78 is 64.9. The Hall–Kier alpha value is -2.02. The minimum atomic E-state index is -4.73. The van der Waals surface area contributed by atoms with E-state index in [0.29, 0.717) is 17.5 Å². The monoisotopic (exact) mass is 386 g/mol. The third-order valence-corrected chi connectivity index (χ3v) is 5.72.